The summed E-state index contributed by atoms with van der Waals surface area (Å²) in [5, 5.41) is 3.11. The minimum Gasteiger partial charge on any atom is -0.325 e. The quantitative estimate of drug-likeness (QED) is 0.635. The maximum absolute atomic E-state index is 13.5. The van der Waals surface area contributed by atoms with Crippen LogP contribution in [0, 0.1) is 17.6 Å². The molecule has 0 radical (unpaired) electrons. The fraction of sp³-hybridized carbons (Fsp3) is 0.458. The van der Waals surface area contributed by atoms with Crippen molar-refractivity contribution in [2.45, 2.75) is 57.3 Å². The number of piperidine rings is 1. The average Bonchev–Trinajstić information content (AvgIpc) is 2.75. The summed E-state index contributed by atoms with van der Waals surface area (Å²) in [7, 11) is -3.95. The zero-order chi connectivity index (χ0) is 23.6. The topological polar surface area (TPSA) is 66.5 Å². The van der Waals surface area contributed by atoms with E-state index in [9.17, 15) is 22.0 Å². The Balaban J connectivity index is 1.72. The van der Waals surface area contributed by atoms with Crippen LogP contribution in [-0.2, 0) is 14.8 Å². The van der Waals surface area contributed by atoms with Gasteiger partial charge in [0.15, 0.2) is 11.6 Å². The molecule has 0 aromatic heterocycles. The maximum atomic E-state index is 13.5. The lowest BCUT2D eigenvalue weighted by Gasteiger charge is -2.31. The lowest BCUT2D eigenvalue weighted by atomic mass is 9.91. The van der Waals surface area contributed by atoms with Gasteiger partial charge in [-0.1, -0.05) is 45.9 Å². The van der Waals surface area contributed by atoms with Crippen molar-refractivity contribution in [2.75, 3.05) is 18.4 Å². The molecule has 0 atom stereocenters. The Kier molecular flexibility index (Phi) is 7.35. The zero-order valence-corrected chi connectivity index (χ0v) is 19.7. The van der Waals surface area contributed by atoms with E-state index in [1.54, 1.807) is 0 Å². The molecule has 1 aliphatic heterocycles. The molecule has 0 unspecified atom stereocenters. The second-order valence-electron chi connectivity index (χ2n) is 8.86. The van der Waals surface area contributed by atoms with Gasteiger partial charge in [0.2, 0.25) is 15.9 Å². The summed E-state index contributed by atoms with van der Waals surface area (Å²) in [5.74, 6) is -2.26. The highest BCUT2D eigenvalue weighted by molar-refractivity contribution is 7.89. The molecule has 2 aromatic carbocycles. The van der Waals surface area contributed by atoms with Crippen molar-refractivity contribution in [3.8, 4) is 0 Å². The largest absolute Gasteiger partial charge is 0.325 e. The molecule has 1 saturated heterocycles. The van der Waals surface area contributed by atoms with Crippen LogP contribution in [0.1, 0.15) is 63.5 Å². The van der Waals surface area contributed by atoms with E-state index in [0.717, 1.165) is 28.9 Å². The SMILES string of the molecule is CC(C)c1cccc(C(C)C)c1NC(=O)C1CCN(S(=O)(=O)c2ccc(F)c(F)c2)CC1. The Morgan fingerprint density at radius 3 is 2.03 bits per heavy atom. The number of sulfonamides is 1. The number of carbonyl (C=O) groups is 1. The molecule has 0 bridgehead atoms. The predicted molar refractivity (Wildman–Crippen MR) is 121 cm³/mol. The summed E-state index contributed by atoms with van der Waals surface area (Å²) in [6.07, 6.45) is 0.713. The molecule has 5 nitrogen and oxygen atoms in total. The van der Waals surface area contributed by atoms with E-state index in [-0.39, 0.29) is 41.6 Å². The Morgan fingerprint density at radius 1 is 0.969 bits per heavy atom. The Labute approximate surface area is 188 Å². The minimum absolute atomic E-state index is 0.120. The van der Waals surface area contributed by atoms with Crippen LogP contribution in [0.15, 0.2) is 41.3 Å². The van der Waals surface area contributed by atoms with Crippen molar-refractivity contribution >= 4 is 21.6 Å². The van der Waals surface area contributed by atoms with Gasteiger partial charge in [-0.2, -0.15) is 4.31 Å². The predicted octanol–water partition coefficient (Wildman–Crippen LogP) is 5.25. The van der Waals surface area contributed by atoms with Gasteiger partial charge < -0.3 is 5.32 Å². The molecule has 1 aliphatic rings. The molecule has 0 spiro atoms. The fourth-order valence-corrected chi connectivity index (χ4v) is 5.55. The van der Waals surface area contributed by atoms with Crippen molar-refractivity contribution in [1.82, 2.24) is 4.31 Å². The van der Waals surface area contributed by atoms with Crippen molar-refractivity contribution in [2.24, 2.45) is 5.92 Å². The molecule has 2 aromatic rings. The number of hydrogen-bond donors (Lipinski definition) is 1. The van der Waals surface area contributed by atoms with Crippen LogP contribution < -0.4 is 5.32 Å². The van der Waals surface area contributed by atoms with E-state index in [1.807, 2.05) is 18.2 Å². The molecule has 1 fully saturated rings. The van der Waals surface area contributed by atoms with Crippen LogP contribution in [-0.4, -0.2) is 31.7 Å². The molecule has 174 valence electrons. The Bertz CT molecular complexity index is 1070. The number of benzene rings is 2. The van der Waals surface area contributed by atoms with Crippen LogP contribution in [0.5, 0.6) is 0 Å². The molecule has 3 rings (SSSR count). The second-order valence-corrected chi connectivity index (χ2v) is 10.8. The van der Waals surface area contributed by atoms with Gasteiger partial charge >= 0.3 is 0 Å². The first-order valence-corrected chi connectivity index (χ1v) is 12.3. The lowest BCUT2D eigenvalue weighted by molar-refractivity contribution is -0.120. The number of rotatable bonds is 6. The second kappa shape index (κ2) is 9.67. The highest BCUT2D eigenvalue weighted by Gasteiger charge is 2.33. The molecule has 1 heterocycles. The van der Waals surface area contributed by atoms with E-state index in [2.05, 4.69) is 33.0 Å². The molecule has 1 N–H and O–H groups in total. The summed E-state index contributed by atoms with van der Waals surface area (Å²) in [6, 6.07) is 8.60. The molecule has 32 heavy (non-hydrogen) atoms. The van der Waals surface area contributed by atoms with Crippen LogP contribution in [0.25, 0.3) is 0 Å². The summed E-state index contributed by atoms with van der Waals surface area (Å²) in [6.45, 7) is 8.60. The van der Waals surface area contributed by atoms with Crippen molar-refractivity contribution in [3.63, 3.8) is 0 Å². The Hall–Kier alpha value is -2.32. The first kappa shape index (κ1) is 24.3. The van der Waals surface area contributed by atoms with Crippen molar-refractivity contribution < 1.29 is 22.0 Å². The zero-order valence-electron chi connectivity index (χ0n) is 18.9. The summed E-state index contributed by atoms with van der Waals surface area (Å²) < 4.78 is 53.5. The monoisotopic (exact) mass is 464 g/mol. The average molecular weight is 465 g/mol. The molecule has 8 heteroatoms. The number of anilines is 1. The summed E-state index contributed by atoms with van der Waals surface area (Å²) in [5.41, 5.74) is 2.99. The molecular weight excluding hydrogens is 434 g/mol. The van der Waals surface area contributed by atoms with Gasteiger partial charge in [-0.15, -0.1) is 0 Å². The van der Waals surface area contributed by atoms with Crippen LogP contribution in [0.2, 0.25) is 0 Å². The van der Waals surface area contributed by atoms with Gasteiger partial charge in [0.25, 0.3) is 0 Å². The van der Waals surface area contributed by atoms with Gasteiger partial charge in [0, 0.05) is 24.7 Å². The van der Waals surface area contributed by atoms with Gasteiger partial charge in [-0.05, 0) is 54.0 Å². The third-order valence-electron chi connectivity index (χ3n) is 5.97. The highest BCUT2D eigenvalue weighted by atomic mass is 32.2. The minimum atomic E-state index is -3.95. The van der Waals surface area contributed by atoms with E-state index in [4.69, 9.17) is 0 Å². The van der Waals surface area contributed by atoms with Crippen LogP contribution in [0.3, 0.4) is 0 Å². The lowest BCUT2D eigenvalue weighted by Crippen LogP contribution is -2.41. The van der Waals surface area contributed by atoms with Gasteiger partial charge in [-0.25, -0.2) is 17.2 Å². The first-order valence-electron chi connectivity index (χ1n) is 10.9. The number of hydrogen-bond acceptors (Lipinski definition) is 3. The van der Waals surface area contributed by atoms with E-state index in [1.165, 1.54) is 4.31 Å². The standard InChI is InChI=1S/C24H30F2N2O3S/c1-15(2)19-6-5-7-20(16(3)4)23(19)27-24(29)17-10-12-28(13-11-17)32(30,31)18-8-9-21(25)22(26)14-18/h5-9,14-17H,10-13H2,1-4H3,(H,27,29). The number of carbonyl (C=O) groups excluding carboxylic acids is 1. The molecule has 0 aliphatic carbocycles. The molecule has 0 saturated carbocycles. The number of halogens is 2. The number of amides is 1. The third kappa shape index (κ3) is 5.02. The first-order chi connectivity index (χ1) is 15.0. The number of nitrogens with zero attached hydrogens (tertiary/aromatic N) is 1. The van der Waals surface area contributed by atoms with Crippen molar-refractivity contribution in [3.05, 3.63) is 59.2 Å². The summed E-state index contributed by atoms with van der Waals surface area (Å²) >= 11 is 0. The normalized spacial score (nSPS) is 16.0. The molecular formula is C24H30F2N2O3S. The highest BCUT2D eigenvalue weighted by Crippen LogP contribution is 2.33. The fourth-order valence-electron chi connectivity index (χ4n) is 4.07. The maximum Gasteiger partial charge on any atom is 0.243 e. The van der Waals surface area contributed by atoms with Crippen LogP contribution >= 0.6 is 0 Å². The van der Waals surface area contributed by atoms with Gasteiger partial charge in [-0.3, -0.25) is 4.79 Å². The number of para-hydroxylation sites is 1. The summed E-state index contributed by atoms with van der Waals surface area (Å²) in [4.78, 5) is 12.8. The Morgan fingerprint density at radius 2 is 1.53 bits per heavy atom. The molecule has 1 amide bonds. The van der Waals surface area contributed by atoms with Crippen molar-refractivity contribution in [1.29, 1.82) is 0 Å². The van der Waals surface area contributed by atoms with E-state index < -0.39 is 21.7 Å². The third-order valence-corrected chi connectivity index (χ3v) is 7.87. The van der Waals surface area contributed by atoms with Gasteiger partial charge in [0.05, 0.1) is 4.90 Å². The van der Waals surface area contributed by atoms with E-state index >= 15 is 0 Å². The smallest absolute Gasteiger partial charge is 0.243 e. The van der Waals surface area contributed by atoms with E-state index in [0.29, 0.717) is 18.9 Å². The van der Waals surface area contributed by atoms with Gasteiger partial charge in [0.1, 0.15) is 0 Å². The number of nitrogens with one attached hydrogen (secondary N) is 1. The van der Waals surface area contributed by atoms with Crippen LogP contribution in [0.4, 0.5) is 14.5 Å².